The molecular formula is C17H14ClNOS. The number of aromatic nitrogens is 1. The fraction of sp³-hybridized carbons (Fsp3) is 0.118. The smallest absolute Gasteiger partial charge is 0.167 e. The van der Waals surface area contributed by atoms with Gasteiger partial charge in [0, 0.05) is 27.2 Å². The van der Waals surface area contributed by atoms with Crippen molar-refractivity contribution in [1.29, 1.82) is 0 Å². The van der Waals surface area contributed by atoms with Gasteiger partial charge >= 0.3 is 0 Å². The number of fused-ring (bicyclic) bond motifs is 1. The van der Waals surface area contributed by atoms with Crippen molar-refractivity contribution in [2.45, 2.75) is 11.8 Å². The highest BCUT2D eigenvalue weighted by atomic mass is 35.5. The molecular weight excluding hydrogens is 302 g/mol. The van der Waals surface area contributed by atoms with Crippen LogP contribution in [-0.4, -0.2) is 16.9 Å². The van der Waals surface area contributed by atoms with Crippen LogP contribution >= 0.6 is 23.4 Å². The summed E-state index contributed by atoms with van der Waals surface area (Å²) in [5, 5.41) is 0.672. The summed E-state index contributed by atoms with van der Waals surface area (Å²) >= 11 is 7.79. The molecule has 0 spiro atoms. The van der Waals surface area contributed by atoms with Crippen LogP contribution < -0.4 is 0 Å². The third-order valence-corrected chi connectivity index (χ3v) is 4.56. The average molecular weight is 316 g/mol. The first-order chi connectivity index (χ1) is 10.1. The lowest BCUT2D eigenvalue weighted by molar-refractivity contribution is 0.111. The van der Waals surface area contributed by atoms with Gasteiger partial charge in [0.15, 0.2) is 6.29 Å². The van der Waals surface area contributed by atoms with E-state index >= 15 is 0 Å². The predicted octanol–water partition coefficient (Wildman–Crippen LogP) is 5.10. The average Bonchev–Trinajstić information content (AvgIpc) is 2.84. The van der Waals surface area contributed by atoms with Crippen LogP contribution in [0.15, 0.2) is 47.5 Å². The minimum Gasteiger partial charge on any atom is -0.314 e. The van der Waals surface area contributed by atoms with Crippen LogP contribution in [0.2, 0.25) is 5.02 Å². The topological polar surface area (TPSA) is 21.5 Å². The molecule has 3 rings (SSSR count). The third-order valence-electron chi connectivity index (χ3n) is 3.53. The molecule has 2 aromatic heterocycles. The fourth-order valence-corrected chi connectivity index (χ4v) is 3.30. The second kappa shape index (κ2) is 5.58. The second-order valence-corrected chi connectivity index (χ2v) is 6.19. The highest BCUT2D eigenvalue weighted by Crippen LogP contribution is 2.35. The molecule has 0 aliphatic heterocycles. The summed E-state index contributed by atoms with van der Waals surface area (Å²) in [7, 11) is 0. The maximum Gasteiger partial charge on any atom is 0.167 e. The van der Waals surface area contributed by atoms with E-state index in [2.05, 4.69) is 6.07 Å². The molecule has 2 nitrogen and oxygen atoms in total. The molecule has 0 amide bonds. The monoisotopic (exact) mass is 315 g/mol. The summed E-state index contributed by atoms with van der Waals surface area (Å²) in [6.45, 7) is 2.04. The summed E-state index contributed by atoms with van der Waals surface area (Å²) in [5.41, 5.74) is 4.75. The molecule has 0 aliphatic carbocycles. The van der Waals surface area contributed by atoms with E-state index in [4.69, 9.17) is 11.6 Å². The van der Waals surface area contributed by atoms with E-state index in [0.717, 1.165) is 27.8 Å². The maximum atomic E-state index is 11.6. The summed E-state index contributed by atoms with van der Waals surface area (Å²) in [6, 6.07) is 11.9. The zero-order chi connectivity index (χ0) is 15.0. The van der Waals surface area contributed by atoms with Gasteiger partial charge in [-0.15, -0.1) is 11.8 Å². The van der Waals surface area contributed by atoms with Gasteiger partial charge in [-0.3, -0.25) is 4.79 Å². The van der Waals surface area contributed by atoms with E-state index in [9.17, 15) is 4.79 Å². The number of aryl methyl sites for hydroxylation is 1. The number of halogens is 1. The Morgan fingerprint density at radius 3 is 2.67 bits per heavy atom. The van der Waals surface area contributed by atoms with Crippen LogP contribution in [0.1, 0.15) is 16.1 Å². The standard InChI is InChI=1S/C17H14ClNOS/c1-11-5-6-19-13(7-11)9-14(16(19)10-20)15-8-12(18)3-4-17(15)21-2/h3-10H,1-2H3. The summed E-state index contributed by atoms with van der Waals surface area (Å²) < 4.78 is 1.92. The van der Waals surface area contributed by atoms with Crippen molar-refractivity contribution in [2.75, 3.05) is 6.26 Å². The predicted molar refractivity (Wildman–Crippen MR) is 89.7 cm³/mol. The van der Waals surface area contributed by atoms with Crippen molar-refractivity contribution in [3.63, 3.8) is 0 Å². The lowest BCUT2D eigenvalue weighted by Crippen LogP contribution is -1.93. The van der Waals surface area contributed by atoms with Gasteiger partial charge in [-0.25, -0.2) is 0 Å². The third kappa shape index (κ3) is 2.47. The van der Waals surface area contributed by atoms with Crippen molar-refractivity contribution >= 4 is 35.2 Å². The molecule has 0 radical (unpaired) electrons. The van der Waals surface area contributed by atoms with Gasteiger partial charge < -0.3 is 4.40 Å². The van der Waals surface area contributed by atoms with Gasteiger partial charge in [-0.2, -0.15) is 0 Å². The first-order valence-corrected chi connectivity index (χ1v) is 8.15. The van der Waals surface area contributed by atoms with Crippen LogP contribution in [-0.2, 0) is 0 Å². The van der Waals surface area contributed by atoms with Gasteiger partial charge in [0.1, 0.15) is 0 Å². The van der Waals surface area contributed by atoms with E-state index in [1.807, 2.05) is 54.1 Å². The minimum atomic E-state index is 0.655. The zero-order valence-corrected chi connectivity index (χ0v) is 13.3. The first kappa shape index (κ1) is 14.2. The number of carbonyl (C=O) groups excluding carboxylic acids is 1. The Balaban J connectivity index is 2.34. The van der Waals surface area contributed by atoms with Gasteiger partial charge in [0.2, 0.25) is 0 Å². The van der Waals surface area contributed by atoms with Crippen LogP contribution in [0.5, 0.6) is 0 Å². The Bertz CT molecular complexity index is 838. The van der Waals surface area contributed by atoms with E-state index in [1.54, 1.807) is 11.8 Å². The quantitative estimate of drug-likeness (QED) is 0.495. The number of benzene rings is 1. The molecule has 0 saturated carbocycles. The molecule has 0 N–H and O–H groups in total. The molecule has 106 valence electrons. The Hall–Kier alpha value is -1.71. The molecule has 3 aromatic rings. The molecule has 0 atom stereocenters. The van der Waals surface area contributed by atoms with E-state index in [0.29, 0.717) is 10.7 Å². The van der Waals surface area contributed by atoms with Crippen molar-refractivity contribution in [2.24, 2.45) is 0 Å². The van der Waals surface area contributed by atoms with Crippen molar-refractivity contribution in [3.05, 3.63) is 58.9 Å². The molecule has 0 unspecified atom stereocenters. The van der Waals surface area contributed by atoms with Gasteiger partial charge in [-0.1, -0.05) is 11.6 Å². The van der Waals surface area contributed by atoms with Crippen LogP contribution in [0.25, 0.3) is 16.6 Å². The summed E-state index contributed by atoms with van der Waals surface area (Å²) in [5.74, 6) is 0. The Morgan fingerprint density at radius 1 is 1.14 bits per heavy atom. The molecule has 1 aromatic carbocycles. The number of hydrogen-bond acceptors (Lipinski definition) is 2. The number of carbonyl (C=O) groups is 1. The van der Waals surface area contributed by atoms with Gasteiger partial charge in [0.25, 0.3) is 0 Å². The number of aldehydes is 1. The highest BCUT2D eigenvalue weighted by molar-refractivity contribution is 7.98. The van der Waals surface area contributed by atoms with E-state index in [-0.39, 0.29) is 0 Å². The molecule has 4 heteroatoms. The summed E-state index contributed by atoms with van der Waals surface area (Å²) in [4.78, 5) is 12.7. The maximum absolute atomic E-state index is 11.6. The molecule has 0 aliphatic rings. The Morgan fingerprint density at radius 2 is 1.95 bits per heavy atom. The van der Waals surface area contributed by atoms with Crippen molar-refractivity contribution in [1.82, 2.24) is 4.40 Å². The molecule has 0 saturated heterocycles. The number of pyridine rings is 1. The molecule has 21 heavy (non-hydrogen) atoms. The Labute approximate surface area is 132 Å². The first-order valence-electron chi connectivity index (χ1n) is 6.55. The van der Waals surface area contributed by atoms with Crippen LogP contribution in [0, 0.1) is 6.92 Å². The number of hydrogen-bond donors (Lipinski definition) is 0. The molecule has 2 heterocycles. The highest BCUT2D eigenvalue weighted by Gasteiger charge is 2.14. The molecule has 0 fully saturated rings. The van der Waals surface area contributed by atoms with Crippen molar-refractivity contribution in [3.8, 4) is 11.1 Å². The second-order valence-electron chi connectivity index (χ2n) is 4.90. The lowest BCUT2D eigenvalue weighted by Gasteiger charge is -2.07. The normalized spacial score (nSPS) is 11.0. The largest absolute Gasteiger partial charge is 0.314 e. The van der Waals surface area contributed by atoms with E-state index in [1.165, 1.54) is 5.56 Å². The fourth-order valence-electron chi connectivity index (χ4n) is 2.54. The minimum absolute atomic E-state index is 0.655. The lowest BCUT2D eigenvalue weighted by atomic mass is 10.1. The van der Waals surface area contributed by atoms with Gasteiger partial charge in [-0.05, 0) is 60.7 Å². The number of nitrogens with zero attached hydrogens (tertiary/aromatic N) is 1. The number of thioether (sulfide) groups is 1. The molecule has 0 bridgehead atoms. The SMILES string of the molecule is CSc1ccc(Cl)cc1-c1cc2cc(C)ccn2c1C=O. The zero-order valence-electron chi connectivity index (χ0n) is 11.8. The number of rotatable bonds is 3. The Kier molecular flexibility index (Phi) is 3.79. The van der Waals surface area contributed by atoms with Crippen LogP contribution in [0.4, 0.5) is 0 Å². The van der Waals surface area contributed by atoms with E-state index < -0.39 is 0 Å². The van der Waals surface area contributed by atoms with Crippen LogP contribution in [0.3, 0.4) is 0 Å². The van der Waals surface area contributed by atoms with Gasteiger partial charge in [0.05, 0.1) is 5.69 Å². The van der Waals surface area contributed by atoms with Crippen molar-refractivity contribution < 1.29 is 4.79 Å². The summed E-state index contributed by atoms with van der Waals surface area (Å²) in [6.07, 6.45) is 4.86.